The Hall–Kier alpha value is -2.57. The quantitative estimate of drug-likeness (QED) is 0.266. The molecule has 5 nitrogen and oxygen atoms in total. The highest BCUT2D eigenvalue weighted by molar-refractivity contribution is 7.98. The summed E-state index contributed by atoms with van der Waals surface area (Å²) in [6.07, 6.45) is 2.04. The monoisotopic (exact) mass is 398 g/mol. The third-order valence-corrected chi connectivity index (χ3v) is 5.26. The highest BCUT2D eigenvalue weighted by Gasteiger charge is 2.14. The van der Waals surface area contributed by atoms with Gasteiger partial charge < -0.3 is 9.26 Å². The van der Waals surface area contributed by atoms with Crippen molar-refractivity contribution in [3.8, 4) is 0 Å². The van der Waals surface area contributed by atoms with Gasteiger partial charge in [0.05, 0.1) is 11.9 Å². The topological polar surface area (TPSA) is 65.2 Å². The molecule has 0 atom stereocenters. The van der Waals surface area contributed by atoms with E-state index in [-0.39, 0.29) is 13.0 Å². The number of thioether (sulfide) groups is 1. The van der Waals surface area contributed by atoms with Crippen molar-refractivity contribution in [3.05, 3.63) is 64.9 Å². The highest BCUT2D eigenvalue weighted by atomic mass is 35.5. The van der Waals surface area contributed by atoms with Crippen molar-refractivity contribution in [2.75, 3.05) is 6.26 Å². The van der Waals surface area contributed by atoms with Gasteiger partial charge in [0, 0.05) is 21.2 Å². The van der Waals surface area contributed by atoms with Crippen molar-refractivity contribution in [2.45, 2.75) is 17.9 Å². The van der Waals surface area contributed by atoms with Crippen LogP contribution in [-0.4, -0.2) is 22.4 Å². The number of hydrogen-bond donors (Lipinski definition) is 0. The second kappa shape index (κ2) is 7.58. The fourth-order valence-corrected chi connectivity index (χ4v) is 3.44. The molecule has 136 valence electrons. The van der Waals surface area contributed by atoms with Crippen molar-refractivity contribution in [2.24, 2.45) is 0 Å². The summed E-state index contributed by atoms with van der Waals surface area (Å²) in [7, 11) is 0. The third-order valence-electron chi connectivity index (χ3n) is 4.20. The predicted molar refractivity (Wildman–Crippen MR) is 106 cm³/mol. The summed E-state index contributed by atoms with van der Waals surface area (Å²) in [6, 6.07) is 15.3. The molecule has 0 aliphatic rings. The smallest absolute Gasteiger partial charge is 0.312 e. The van der Waals surface area contributed by atoms with Gasteiger partial charge in [-0.3, -0.25) is 4.79 Å². The number of aromatic nitrogens is 2. The number of halogens is 1. The number of esters is 1. The number of nitrogens with zero attached hydrogens (tertiary/aromatic N) is 2. The van der Waals surface area contributed by atoms with Crippen molar-refractivity contribution in [3.63, 3.8) is 0 Å². The van der Waals surface area contributed by atoms with Gasteiger partial charge in [0.15, 0.2) is 5.58 Å². The molecular weight excluding hydrogens is 384 g/mol. The van der Waals surface area contributed by atoms with E-state index in [2.05, 4.69) is 10.1 Å². The fourth-order valence-electron chi connectivity index (χ4n) is 2.81. The molecule has 27 heavy (non-hydrogen) atoms. The van der Waals surface area contributed by atoms with Gasteiger partial charge in [0.2, 0.25) is 0 Å². The second-order valence-electron chi connectivity index (χ2n) is 5.96. The Morgan fingerprint density at radius 3 is 2.93 bits per heavy atom. The Morgan fingerprint density at radius 2 is 2.07 bits per heavy atom. The molecule has 0 N–H and O–H groups in total. The maximum absolute atomic E-state index is 12.2. The predicted octanol–water partition coefficient (Wildman–Crippen LogP) is 5.04. The highest BCUT2D eigenvalue weighted by Crippen LogP contribution is 2.25. The van der Waals surface area contributed by atoms with Crippen LogP contribution in [0.4, 0.5) is 0 Å². The van der Waals surface area contributed by atoms with Crippen LogP contribution in [0.15, 0.2) is 57.9 Å². The van der Waals surface area contributed by atoms with Gasteiger partial charge >= 0.3 is 5.97 Å². The summed E-state index contributed by atoms with van der Waals surface area (Å²) in [5, 5.41) is 6.04. The van der Waals surface area contributed by atoms with Crippen LogP contribution in [0.5, 0.6) is 0 Å². The molecule has 0 fully saturated rings. The van der Waals surface area contributed by atoms with Crippen LogP contribution in [-0.2, 0) is 22.6 Å². The Labute approximate surface area is 164 Å². The van der Waals surface area contributed by atoms with Crippen LogP contribution in [0.2, 0.25) is 5.15 Å². The van der Waals surface area contributed by atoms with E-state index in [1.54, 1.807) is 17.8 Å². The zero-order chi connectivity index (χ0) is 18.8. The van der Waals surface area contributed by atoms with Gasteiger partial charge in [-0.25, -0.2) is 4.98 Å². The maximum Gasteiger partial charge on any atom is 0.312 e. The Balaban J connectivity index is 1.47. The molecule has 0 aliphatic carbocycles. The Bertz CT molecular complexity index is 1140. The molecule has 0 spiro atoms. The fraction of sp³-hybridized carbons (Fsp3) is 0.150. The summed E-state index contributed by atoms with van der Waals surface area (Å²) >= 11 is 7.91. The first kappa shape index (κ1) is 17.8. The molecule has 2 aromatic carbocycles. The molecule has 0 aliphatic heterocycles. The Morgan fingerprint density at radius 1 is 1.22 bits per heavy atom. The van der Waals surface area contributed by atoms with Crippen LogP contribution in [0.25, 0.3) is 21.9 Å². The molecular formula is C20H15ClN2O3S. The first-order valence-corrected chi connectivity index (χ1v) is 9.86. The molecule has 0 saturated heterocycles. The van der Waals surface area contributed by atoms with Crippen molar-refractivity contribution in [1.29, 1.82) is 0 Å². The first-order valence-electron chi connectivity index (χ1n) is 8.26. The van der Waals surface area contributed by atoms with Gasteiger partial charge in [-0.1, -0.05) is 35.0 Å². The average Bonchev–Trinajstić information content (AvgIpc) is 3.09. The molecule has 0 amide bonds. The molecule has 0 unspecified atom stereocenters. The lowest BCUT2D eigenvalue weighted by molar-refractivity contribution is -0.144. The number of pyridine rings is 1. The van der Waals surface area contributed by atoms with Crippen molar-refractivity contribution < 1.29 is 14.1 Å². The first-order chi connectivity index (χ1) is 13.1. The number of hydrogen-bond acceptors (Lipinski definition) is 6. The van der Waals surface area contributed by atoms with E-state index in [9.17, 15) is 4.79 Å². The number of ether oxygens (including phenoxy) is 1. The lowest BCUT2D eigenvalue weighted by Crippen LogP contribution is -2.09. The molecule has 4 aromatic rings. The largest absolute Gasteiger partial charge is 0.460 e. The summed E-state index contributed by atoms with van der Waals surface area (Å²) in [5.74, 6) is -0.400. The SMILES string of the molecule is CSc1ccc2cc(COC(=O)Cc3noc4ccccc34)c(Cl)nc2c1. The molecule has 7 heteroatoms. The molecule has 0 radical (unpaired) electrons. The molecule has 0 saturated carbocycles. The zero-order valence-corrected chi connectivity index (χ0v) is 16.0. The minimum atomic E-state index is -0.400. The van der Waals surface area contributed by atoms with Crippen molar-refractivity contribution >= 4 is 51.2 Å². The average molecular weight is 399 g/mol. The number of fused-ring (bicyclic) bond motifs is 2. The maximum atomic E-state index is 12.2. The van der Waals surface area contributed by atoms with Gasteiger partial charge in [-0.15, -0.1) is 11.8 Å². The van der Waals surface area contributed by atoms with Gasteiger partial charge in [-0.2, -0.15) is 0 Å². The molecule has 0 bridgehead atoms. The summed E-state index contributed by atoms with van der Waals surface area (Å²) in [5.41, 5.74) is 2.69. The van der Waals surface area contributed by atoms with E-state index in [0.29, 0.717) is 22.0 Å². The Kier molecular flexibility index (Phi) is 5.01. The standard InChI is InChI=1S/C20H15ClN2O3S/c1-27-14-7-6-12-8-13(20(21)22-16(12)9-14)11-25-19(24)10-17-15-4-2-3-5-18(15)26-23-17/h2-9H,10-11H2,1H3. The minimum Gasteiger partial charge on any atom is -0.460 e. The summed E-state index contributed by atoms with van der Waals surface area (Å²) in [4.78, 5) is 17.7. The van der Waals surface area contributed by atoms with Crippen LogP contribution in [0.3, 0.4) is 0 Å². The number of benzene rings is 2. The minimum absolute atomic E-state index is 0.0344. The second-order valence-corrected chi connectivity index (χ2v) is 7.20. The van der Waals surface area contributed by atoms with E-state index in [1.165, 1.54) is 0 Å². The number of rotatable bonds is 5. The third kappa shape index (κ3) is 3.77. The van der Waals surface area contributed by atoms with Gasteiger partial charge in [0.25, 0.3) is 0 Å². The van der Waals surface area contributed by atoms with Crippen molar-refractivity contribution in [1.82, 2.24) is 10.1 Å². The van der Waals surface area contributed by atoms with Crippen LogP contribution in [0.1, 0.15) is 11.3 Å². The molecule has 2 aromatic heterocycles. The number of carbonyl (C=O) groups excluding carboxylic acids is 1. The van der Waals surface area contributed by atoms with Crippen LogP contribution in [0, 0.1) is 0 Å². The van der Waals surface area contributed by atoms with E-state index in [0.717, 1.165) is 21.2 Å². The molecule has 2 heterocycles. The zero-order valence-electron chi connectivity index (χ0n) is 14.4. The normalized spacial score (nSPS) is 11.2. The van der Waals surface area contributed by atoms with E-state index in [4.69, 9.17) is 20.9 Å². The summed E-state index contributed by atoms with van der Waals surface area (Å²) < 4.78 is 10.6. The molecule has 4 rings (SSSR count). The van der Waals surface area contributed by atoms with Crippen LogP contribution >= 0.6 is 23.4 Å². The number of para-hydroxylation sites is 1. The lowest BCUT2D eigenvalue weighted by atomic mass is 10.1. The van der Waals surface area contributed by atoms with E-state index < -0.39 is 5.97 Å². The summed E-state index contributed by atoms with van der Waals surface area (Å²) in [6.45, 7) is 0.0562. The van der Waals surface area contributed by atoms with E-state index >= 15 is 0 Å². The number of carbonyl (C=O) groups is 1. The van der Waals surface area contributed by atoms with Gasteiger partial charge in [-0.05, 0) is 36.6 Å². The van der Waals surface area contributed by atoms with E-state index in [1.807, 2.05) is 48.7 Å². The van der Waals surface area contributed by atoms with Crippen LogP contribution < -0.4 is 0 Å². The van der Waals surface area contributed by atoms with Gasteiger partial charge in [0.1, 0.15) is 17.5 Å². The lowest BCUT2D eigenvalue weighted by Gasteiger charge is -2.08.